The van der Waals surface area contributed by atoms with Crippen molar-refractivity contribution in [2.45, 2.75) is 6.42 Å². The third-order valence-corrected chi connectivity index (χ3v) is 4.75. The second-order valence-corrected chi connectivity index (χ2v) is 6.70. The van der Waals surface area contributed by atoms with E-state index in [2.05, 4.69) is 29.1 Å². The first kappa shape index (κ1) is 12.5. The summed E-state index contributed by atoms with van der Waals surface area (Å²) in [4.78, 5) is 3.28. The summed E-state index contributed by atoms with van der Waals surface area (Å²) in [6, 6.07) is 8.24. The van der Waals surface area contributed by atoms with E-state index in [-0.39, 0.29) is 0 Å². The highest BCUT2D eigenvalue weighted by Crippen LogP contribution is 2.29. The zero-order chi connectivity index (χ0) is 13.5. The topological polar surface area (TPSA) is 62.1 Å². The molecule has 3 N–H and O–H groups in total. The summed E-state index contributed by atoms with van der Waals surface area (Å²) in [5.41, 5.74) is 3.64. The van der Waals surface area contributed by atoms with E-state index in [9.17, 15) is 4.21 Å². The fourth-order valence-electron chi connectivity index (χ4n) is 2.51. The van der Waals surface area contributed by atoms with Crippen molar-refractivity contribution < 1.29 is 4.21 Å². The molecule has 19 heavy (non-hydrogen) atoms. The fraction of sp³-hybridized carbons (Fsp3) is 0.214. The summed E-state index contributed by atoms with van der Waals surface area (Å²) in [6.45, 7) is 1.28. The Balaban J connectivity index is 1.94. The number of para-hydroxylation sites is 1. The van der Waals surface area contributed by atoms with Crippen LogP contribution >= 0.6 is 0 Å². The summed E-state index contributed by atoms with van der Waals surface area (Å²) in [5.74, 6) is 3.53. The Morgan fingerprint density at radius 3 is 2.84 bits per heavy atom. The quantitative estimate of drug-likeness (QED) is 0.806. The molecule has 100 valence electrons. The van der Waals surface area contributed by atoms with Gasteiger partial charge < -0.3 is 4.98 Å². The number of nitrogens with one attached hydrogen (secondary N) is 1. The number of hydrogen-bond donors (Lipinski definition) is 2. The van der Waals surface area contributed by atoms with Crippen molar-refractivity contribution in [1.82, 2.24) is 9.29 Å². The van der Waals surface area contributed by atoms with Crippen LogP contribution < -0.4 is 5.14 Å². The van der Waals surface area contributed by atoms with Crippen molar-refractivity contribution in [3.05, 3.63) is 42.1 Å². The monoisotopic (exact) mass is 275 g/mol. The molecule has 3 rings (SSSR count). The molecule has 1 aliphatic rings. The first-order chi connectivity index (χ1) is 9.05. The number of aromatic amines is 1. The van der Waals surface area contributed by atoms with Crippen molar-refractivity contribution >= 4 is 32.2 Å². The van der Waals surface area contributed by atoms with Gasteiger partial charge in [0, 0.05) is 35.8 Å². The van der Waals surface area contributed by atoms with E-state index >= 15 is 0 Å². The van der Waals surface area contributed by atoms with Gasteiger partial charge in [-0.1, -0.05) is 24.3 Å². The molecule has 1 aromatic heterocycles. The lowest BCUT2D eigenvalue weighted by Crippen LogP contribution is -2.39. The lowest BCUT2D eigenvalue weighted by atomic mass is 10.00. The SMILES string of the molecule is C=S(N)(=O)N1CC=C(c2c[nH]c3ccccc23)CC1. The molecular weight excluding hydrogens is 258 g/mol. The average molecular weight is 275 g/mol. The van der Waals surface area contributed by atoms with Crippen LogP contribution in [0, 0.1) is 0 Å². The Morgan fingerprint density at radius 1 is 1.37 bits per heavy atom. The number of aromatic nitrogens is 1. The number of H-pyrrole nitrogens is 1. The van der Waals surface area contributed by atoms with E-state index in [1.54, 1.807) is 4.31 Å². The molecule has 1 unspecified atom stereocenters. The molecule has 0 amide bonds. The second-order valence-electron chi connectivity index (χ2n) is 4.81. The Labute approximate surface area is 113 Å². The van der Waals surface area contributed by atoms with Crippen LogP contribution in [-0.2, 0) is 9.89 Å². The maximum atomic E-state index is 11.7. The molecule has 5 heteroatoms. The lowest BCUT2D eigenvalue weighted by Gasteiger charge is -2.26. The molecule has 0 aliphatic carbocycles. The third-order valence-electron chi connectivity index (χ3n) is 3.54. The van der Waals surface area contributed by atoms with Crippen molar-refractivity contribution in [2.75, 3.05) is 13.1 Å². The minimum absolute atomic E-state index is 0.591. The van der Waals surface area contributed by atoms with Crippen LogP contribution in [0.4, 0.5) is 0 Å². The van der Waals surface area contributed by atoms with Gasteiger partial charge in [0.15, 0.2) is 0 Å². The maximum absolute atomic E-state index is 11.7. The second kappa shape index (κ2) is 4.52. The summed E-state index contributed by atoms with van der Waals surface area (Å²) < 4.78 is 13.4. The van der Waals surface area contributed by atoms with Gasteiger partial charge in [0.1, 0.15) is 0 Å². The number of fused-ring (bicyclic) bond motifs is 1. The Bertz CT molecular complexity index is 743. The van der Waals surface area contributed by atoms with E-state index in [1.807, 2.05) is 18.3 Å². The van der Waals surface area contributed by atoms with Crippen LogP contribution in [0.1, 0.15) is 12.0 Å². The number of nitrogens with two attached hydrogens (primary N) is 1. The number of benzene rings is 1. The Hall–Kier alpha value is -1.56. The molecule has 2 aromatic rings. The highest BCUT2D eigenvalue weighted by atomic mass is 32.2. The van der Waals surface area contributed by atoms with Gasteiger partial charge in [-0.3, -0.25) is 0 Å². The third kappa shape index (κ3) is 2.32. The fourth-order valence-corrected chi connectivity index (χ4v) is 3.24. The molecule has 1 aliphatic heterocycles. The van der Waals surface area contributed by atoms with Crippen LogP contribution in [0.25, 0.3) is 16.5 Å². The molecular formula is C14H17N3OS. The summed E-state index contributed by atoms with van der Waals surface area (Å²) in [6.07, 6.45) is 4.97. The van der Waals surface area contributed by atoms with Gasteiger partial charge in [-0.05, 0) is 23.9 Å². The average Bonchev–Trinajstić information content (AvgIpc) is 2.82. The number of hydrogen-bond acceptors (Lipinski definition) is 1. The van der Waals surface area contributed by atoms with Gasteiger partial charge >= 0.3 is 0 Å². The summed E-state index contributed by atoms with van der Waals surface area (Å²) in [7, 11) is -2.58. The number of rotatable bonds is 2. The largest absolute Gasteiger partial charge is 0.361 e. The van der Waals surface area contributed by atoms with Gasteiger partial charge in [0.05, 0.1) is 9.89 Å². The van der Waals surface area contributed by atoms with E-state index in [0.717, 1.165) is 11.9 Å². The van der Waals surface area contributed by atoms with Crippen LogP contribution in [0.5, 0.6) is 0 Å². The molecule has 2 heterocycles. The van der Waals surface area contributed by atoms with Crippen LogP contribution in [0.2, 0.25) is 0 Å². The Morgan fingerprint density at radius 2 is 2.16 bits per heavy atom. The standard InChI is InChI=1S/C14H17N3OS/c1-19(15,18)17-8-6-11(7-9-17)13-10-16-14-5-3-2-4-12(13)14/h2-6,10,16H,1,7-9H2,(H2,15,18). The summed E-state index contributed by atoms with van der Waals surface area (Å²) in [5, 5.41) is 6.80. The molecule has 0 bridgehead atoms. The molecule has 4 nitrogen and oxygen atoms in total. The van der Waals surface area contributed by atoms with Crippen molar-refractivity contribution in [1.29, 1.82) is 0 Å². The molecule has 1 atom stereocenters. The molecule has 0 saturated heterocycles. The summed E-state index contributed by atoms with van der Waals surface area (Å²) >= 11 is 0. The normalized spacial score (nSPS) is 20.2. The molecule has 0 spiro atoms. The van der Waals surface area contributed by atoms with Gasteiger partial charge in [-0.25, -0.2) is 13.7 Å². The highest BCUT2D eigenvalue weighted by Gasteiger charge is 2.18. The first-order valence-electron chi connectivity index (χ1n) is 6.21. The van der Waals surface area contributed by atoms with Crippen LogP contribution in [0.15, 0.2) is 36.5 Å². The molecule has 1 aromatic carbocycles. The van der Waals surface area contributed by atoms with Crippen molar-refractivity contribution in [2.24, 2.45) is 5.14 Å². The minimum atomic E-state index is -2.58. The molecule has 0 saturated carbocycles. The van der Waals surface area contributed by atoms with Gasteiger partial charge in [0.25, 0.3) is 0 Å². The van der Waals surface area contributed by atoms with Gasteiger partial charge in [0.2, 0.25) is 0 Å². The molecule has 0 fully saturated rings. The van der Waals surface area contributed by atoms with Crippen LogP contribution in [-0.4, -0.2) is 32.5 Å². The Kier molecular flexibility index (Phi) is 2.97. The van der Waals surface area contributed by atoms with E-state index in [1.165, 1.54) is 16.5 Å². The predicted molar refractivity (Wildman–Crippen MR) is 81.9 cm³/mol. The zero-order valence-corrected chi connectivity index (χ0v) is 11.5. The predicted octanol–water partition coefficient (Wildman–Crippen LogP) is 1.76. The van der Waals surface area contributed by atoms with E-state index < -0.39 is 9.89 Å². The van der Waals surface area contributed by atoms with Gasteiger partial charge in [-0.15, -0.1) is 0 Å². The zero-order valence-electron chi connectivity index (χ0n) is 10.6. The van der Waals surface area contributed by atoms with Crippen molar-refractivity contribution in [3.8, 4) is 0 Å². The van der Waals surface area contributed by atoms with Crippen molar-refractivity contribution in [3.63, 3.8) is 0 Å². The van der Waals surface area contributed by atoms with Gasteiger partial charge in [-0.2, -0.15) is 0 Å². The molecule has 0 radical (unpaired) electrons. The smallest absolute Gasteiger partial charge is 0.0854 e. The minimum Gasteiger partial charge on any atom is -0.361 e. The van der Waals surface area contributed by atoms with E-state index in [4.69, 9.17) is 5.14 Å². The maximum Gasteiger partial charge on any atom is 0.0854 e. The number of nitrogens with zero attached hydrogens (tertiary/aromatic N) is 1. The highest BCUT2D eigenvalue weighted by molar-refractivity contribution is 7.96. The van der Waals surface area contributed by atoms with E-state index in [0.29, 0.717) is 13.1 Å². The van der Waals surface area contributed by atoms with Crippen LogP contribution in [0.3, 0.4) is 0 Å². The first-order valence-corrected chi connectivity index (χ1v) is 7.96. The lowest BCUT2D eigenvalue weighted by molar-refractivity contribution is 0.481.